The van der Waals surface area contributed by atoms with Gasteiger partial charge in [-0.25, -0.2) is 4.79 Å². The van der Waals surface area contributed by atoms with Gasteiger partial charge in [0.2, 0.25) is 0 Å². The standard InChI is InChI=1S/C9H14O3/c10-8-3-1-2-7(6-8)4-5-9(11)12/h4-5,7-8,10H,1-3,6H2,(H,11,12)/b5-4+. The van der Waals surface area contributed by atoms with Gasteiger partial charge in [-0.05, 0) is 25.2 Å². The predicted molar refractivity (Wildman–Crippen MR) is 44.7 cm³/mol. The van der Waals surface area contributed by atoms with Crippen molar-refractivity contribution < 1.29 is 15.0 Å². The number of carbonyl (C=O) groups is 1. The Morgan fingerprint density at radius 3 is 2.75 bits per heavy atom. The summed E-state index contributed by atoms with van der Waals surface area (Å²) in [6, 6.07) is 0. The molecule has 1 aliphatic rings. The number of aliphatic carboxylic acids is 1. The zero-order valence-corrected chi connectivity index (χ0v) is 6.94. The first kappa shape index (κ1) is 9.26. The van der Waals surface area contributed by atoms with E-state index in [0.29, 0.717) is 6.42 Å². The van der Waals surface area contributed by atoms with E-state index in [1.54, 1.807) is 6.08 Å². The van der Waals surface area contributed by atoms with Crippen LogP contribution in [0.5, 0.6) is 0 Å². The van der Waals surface area contributed by atoms with Crippen LogP contribution in [0.25, 0.3) is 0 Å². The Balaban J connectivity index is 2.36. The second kappa shape index (κ2) is 4.26. The number of allylic oxidation sites excluding steroid dienone is 1. The highest BCUT2D eigenvalue weighted by Crippen LogP contribution is 2.24. The van der Waals surface area contributed by atoms with Crippen molar-refractivity contribution in [3.8, 4) is 0 Å². The molecule has 0 aliphatic heterocycles. The Labute approximate surface area is 71.7 Å². The number of aliphatic hydroxyl groups excluding tert-OH is 1. The molecule has 0 heterocycles. The molecule has 1 fully saturated rings. The molecule has 0 saturated heterocycles. The van der Waals surface area contributed by atoms with E-state index in [1.807, 2.05) is 0 Å². The molecule has 1 saturated carbocycles. The Bertz CT molecular complexity index is 186. The number of aliphatic hydroxyl groups is 1. The van der Waals surface area contributed by atoms with Crippen LogP contribution in [-0.2, 0) is 4.79 Å². The maximum Gasteiger partial charge on any atom is 0.327 e. The summed E-state index contributed by atoms with van der Waals surface area (Å²) in [5, 5.41) is 17.6. The van der Waals surface area contributed by atoms with E-state index in [0.717, 1.165) is 19.3 Å². The van der Waals surface area contributed by atoms with E-state index in [1.165, 1.54) is 6.08 Å². The van der Waals surface area contributed by atoms with E-state index in [-0.39, 0.29) is 12.0 Å². The lowest BCUT2D eigenvalue weighted by atomic mass is 9.87. The predicted octanol–water partition coefficient (Wildman–Crippen LogP) is 1.18. The number of carboxylic acid groups (broad SMARTS) is 1. The van der Waals surface area contributed by atoms with Crippen molar-refractivity contribution in [2.75, 3.05) is 0 Å². The van der Waals surface area contributed by atoms with Crippen molar-refractivity contribution in [1.82, 2.24) is 0 Å². The average Bonchev–Trinajstić information content (AvgIpc) is 2.01. The molecule has 0 radical (unpaired) electrons. The minimum absolute atomic E-state index is 0.234. The number of hydrogen-bond donors (Lipinski definition) is 2. The highest BCUT2D eigenvalue weighted by molar-refractivity contribution is 5.79. The minimum Gasteiger partial charge on any atom is -0.478 e. The zero-order chi connectivity index (χ0) is 8.97. The van der Waals surface area contributed by atoms with Crippen LogP contribution in [0, 0.1) is 5.92 Å². The number of rotatable bonds is 2. The van der Waals surface area contributed by atoms with Gasteiger partial charge in [0.25, 0.3) is 0 Å². The molecule has 3 heteroatoms. The molecule has 0 aromatic rings. The van der Waals surface area contributed by atoms with Gasteiger partial charge in [-0.2, -0.15) is 0 Å². The zero-order valence-electron chi connectivity index (χ0n) is 6.94. The van der Waals surface area contributed by atoms with Crippen molar-refractivity contribution >= 4 is 5.97 Å². The van der Waals surface area contributed by atoms with E-state index in [4.69, 9.17) is 5.11 Å². The molecule has 0 amide bonds. The third kappa shape index (κ3) is 3.05. The first-order valence-electron chi connectivity index (χ1n) is 4.27. The van der Waals surface area contributed by atoms with E-state index in [9.17, 15) is 9.90 Å². The third-order valence-corrected chi connectivity index (χ3v) is 2.20. The molecule has 3 nitrogen and oxygen atoms in total. The van der Waals surface area contributed by atoms with Gasteiger partial charge >= 0.3 is 5.97 Å². The van der Waals surface area contributed by atoms with Crippen LogP contribution >= 0.6 is 0 Å². The summed E-state index contributed by atoms with van der Waals surface area (Å²) in [5.41, 5.74) is 0. The van der Waals surface area contributed by atoms with Gasteiger partial charge in [0.1, 0.15) is 0 Å². The van der Waals surface area contributed by atoms with E-state index in [2.05, 4.69) is 0 Å². The molecular formula is C9H14O3. The van der Waals surface area contributed by atoms with Gasteiger partial charge in [-0.1, -0.05) is 12.5 Å². The van der Waals surface area contributed by atoms with Crippen molar-refractivity contribution in [1.29, 1.82) is 0 Å². The van der Waals surface area contributed by atoms with Crippen LogP contribution in [-0.4, -0.2) is 22.3 Å². The van der Waals surface area contributed by atoms with Gasteiger partial charge in [0.05, 0.1) is 6.10 Å². The SMILES string of the molecule is O=C(O)/C=C/C1CCCC(O)C1. The lowest BCUT2D eigenvalue weighted by molar-refractivity contribution is -0.131. The second-order valence-corrected chi connectivity index (χ2v) is 3.28. The first-order valence-corrected chi connectivity index (χ1v) is 4.27. The van der Waals surface area contributed by atoms with Crippen molar-refractivity contribution in [2.45, 2.75) is 31.8 Å². The Kier molecular flexibility index (Phi) is 3.29. The van der Waals surface area contributed by atoms with E-state index < -0.39 is 5.97 Å². The topological polar surface area (TPSA) is 57.5 Å². The van der Waals surface area contributed by atoms with E-state index >= 15 is 0 Å². The Morgan fingerprint density at radius 1 is 1.42 bits per heavy atom. The van der Waals surface area contributed by atoms with Gasteiger partial charge in [0.15, 0.2) is 0 Å². The maximum absolute atomic E-state index is 10.2. The Morgan fingerprint density at radius 2 is 2.17 bits per heavy atom. The molecular weight excluding hydrogens is 156 g/mol. The molecule has 2 N–H and O–H groups in total. The fraction of sp³-hybridized carbons (Fsp3) is 0.667. The molecule has 0 bridgehead atoms. The van der Waals surface area contributed by atoms with Gasteiger partial charge < -0.3 is 10.2 Å². The van der Waals surface area contributed by atoms with Crippen molar-refractivity contribution in [2.24, 2.45) is 5.92 Å². The summed E-state index contributed by atoms with van der Waals surface area (Å²) in [7, 11) is 0. The summed E-state index contributed by atoms with van der Waals surface area (Å²) < 4.78 is 0. The van der Waals surface area contributed by atoms with Crippen LogP contribution in [0.1, 0.15) is 25.7 Å². The van der Waals surface area contributed by atoms with Crippen molar-refractivity contribution in [3.05, 3.63) is 12.2 Å². The highest BCUT2D eigenvalue weighted by atomic mass is 16.4. The third-order valence-electron chi connectivity index (χ3n) is 2.20. The van der Waals surface area contributed by atoms with Crippen LogP contribution in [0.3, 0.4) is 0 Å². The monoisotopic (exact) mass is 170 g/mol. The van der Waals surface area contributed by atoms with Gasteiger partial charge in [-0.15, -0.1) is 0 Å². The molecule has 1 aliphatic carbocycles. The Hall–Kier alpha value is -0.830. The first-order chi connectivity index (χ1) is 5.68. The van der Waals surface area contributed by atoms with Crippen LogP contribution < -0.4 is 0 Å². The summed E-state index contributed by atoms with van der Waals surface area (Å²) >= 11 is 0. The number of carboxylic acids is 1. The molecule has 12 heavy (non-hydrogen) atoms. The maximum atomic E-state index is 10.2. The van der Waals surface area contributed by atoms with Gasteiger partial charge in [-0.3, -0.25) is 0 Å². The van der Waals surface area contributed by atoms with Crippen LogP contribution in [0.4, 0.5) is 0 Å². The smallest absolute Gasteiger partial charge is 0.327 e. The normalized spacial score (nSPS) is 30.8. The largest absolute Gasteiger partial charge is 0.478 e. The minimum atomic E-state index is -0.907. The average molecular weight is 170 g/mol. The molecule has 2 unspecified atom stereocenters. The summed E-state index contributed by atoms with van der Waals surface area (Å²) in [6.07, 6.45) is 6.19. The summed E-state index contributed by atoms with van der Waals surface area (Å²) in [6.45, 7) is 0. The molecule has 1 rings (SSSR count). The summed E-state index contributed by atoms with van der Waals surface area (Å²) in [4.78, 5) is 10.2. The molecule has 0 aromatic carbocycles. The molecule has 0 spiro atoms. The molecule has 68 valence electrons. The lowest BCUT2D eigenvalue weighted by Gasteiger charge is -2.22. The quantitative estimate of drug-likeness (QED) is 0.612. The van der Waals surface area contributed by atoms with Crippen LogP contribution in [0.2, 0.25) is 0 Å². The molecule has 2 atom stereocenters. The highest BCUT2D eigenvalue weighted by Gasteiger charge is 2.17. The fourth-order valence-electron chi connectivity index (χ4n) is 1.59. The second-order valence-electron chi connectivity index (χ2n) is 3.28. The lowest BCUT2D eigenvalue weighted by Crippen LogP contribution is -2.18. The summed E-state index contributed by atoms with van der Waals surface area (Å²) in [5.74, 6) is -0.653. The number of hydrogen-bond acceptors (Lipinski definition) is 2. The van der Waals surface area contributed by atoms with Gasteiger partial charge in [0, 0.05) is 6.08 Å². The van der Waals surface area contributed by atoms with Crippen molar-refractivity contribution in [3.63, 3.8) is 0 Å². The fourth-order valence-corrected chi connectivity index (χ4v) is 1.59. The molecule has 0 aromatic heterocycles. The van der Waals surface area contributed by atoms with Crippen LogP contribution in [0.15, 0.2) is 12.2 Å².